The third kappa shape index (κ3) is 6.77. The summed E-state index contributed by atoms with van der Waals surface area (Å²) in [6.45, 7) is 4.79. The summed E-state index contributed by atoms with van der Waals surface area (Å²) in [7, 11) is 0. The minimum atomic E-state index is -0.339. The first-order chi connectivity index (χ1) is 8.93. The highest BCUT2D eigenvalue weighted by atomic mass is 127. The maximum atomic E-state index is 11.7. The van der Waals surface area contributed by atoms with E-state index in [0.717, 1.165) is 5.75 Å². The first-order valence-electron chi connectivity index (χ1n) is 6.32. The van der Waals surface area contributed by atoms with Gasteiger partial charge in [-0.15, -0.1) is 0 Å². The maximum absolute atomic E-state index is 11.7. The van der Waals surface area contributed by atoms with E-state index in [4.69, 9.17) is 10.5 Å². The molecule has 0 aliphatic carbocycles. The molecule has 0 radical (unpaired) electrons. The summed E-state index contributed by atoms with van der Waals surface area (Å²) in [5, 5.41) is 2.89. The fourth-order valence-electron chi connectivity index (χ4n) is 1.44. The fraction of sp³-hybridized carbons (Fsp3) is 0.500. The van der Waals surface area contributed by atoms with Gasteiger partial charge < -0.3 is 15.8 Å². The molecule has 1 aromatic rings. The van der Waals surface area contributed by atoms with Crippen LogP contribution in [0.25, 0.3) is 0 Å². The molecule has 0 aliphatic rings. The van der Waals surface area contributed by atoms with Crippen LogP contribution in [-0.2, 0) is 4.79 Å². The van der Waals surface area contributed by atoms with Crippen molar-refractivity contribution in [2.45, 2.75) is 32.2 Å². The molecule has 0 spiro atoms. The largest absolute Gasteiger partial charge is 0.494 e. The molecule has 0 atom stereocenters. The Morgan fingerprint density at radius 1 is 1.37 bits per heavy atom. The van der Waals surface area contributed by atoms with Crippen molar-refractivity contribution < 1.29 is 9.53 Å². The Morgan fingerprint density at radius 3 is 2.58 bits per heavy atom. The Hall–Kier alpha value is -0.820. The molecule has 0 aromatic heterocycles. The van der Waals surface area contributed by atoms with E-state index in [-0.39, 0.29) is 11.4 Å². The number of carbonyl (C=O) groups excluding carboxylic acids is 1. The SMILES string of the molecule is CC(C)(CN)NC(=O)CCCOc1ccc(I)cc1. The quantitative estimate of drug-likeness (QED) is 0.567. The van der Waals surface area contributed by atoms with Crippen LogP contribution < -0.4 is 15.8 Å². The summed E-state index contributed by atoms with van der Waals surface area (Å²) >= 11 is 2.25. The third-order valence-electron chi connectivity index (χ3n) is 2.62. The summed E-state index contributed by atoms with van der Waals surface area (Å²) in [5.41, 5.74) is 5.22. The van der Waals surface area contributed by atoms with Gasteiger partial charge in [-0.25, -0.2) is 0 Å². The zero-order valence-electron chi connectivity index (χ0n) is 11.4. The number of rotatable bonds is 7. The average Bonchev–Trinajstić information content (AvgIpc) is 2.36. The summed E-state index contributed by atoms with van der Waals surface area (Å²) in [5.74, 6) is 0.852. The first kappa shape index (κ1) is 16.2. The molecule has 4 nitrogen and oxygen atoms in total. The van der Waals surface area contributed by atoms with Gasteiger partial charge in [-0.05, 0) is 67.1 Å². The van der Waals surface area contributed by atoms with Gasteiger partial charge in [-0.1, -0.05) is 0 Å². The van der Waals surface area contributed by atoms with Gasteiger partial charge in [0.2, 0.25) is 5.91 Å². The standard InChI is InChI=1S/C14H21IN2O2/c1-14(2,10-16)17-13(18)4-3-9-19-12-7-5-11(15)6-8-12/h5-8H,3-4,9-10,16H2,1-2H3,(H,17,18). The number of carbonyl (C=O) groups is 1. The lowest BCUT2D eigenvalue weighted by atomic mass is 10.1. The maximum Gasteiger partial charge on any atom is 0.220 e. The topological polar surface area (TPSA) is 64.3 Å². The predicted octanol–water partition coefficient (Wildman–Crippen LogP) is 2.30. The Balaban J connectivity index is 2.20. The van der Waals surface area contributed by atoms with Crippen LogP contribution in [0.5, 0.6) is 5.75 Å². The lowest BCUT2D eigenvalue weighted by Gasteiger charge is -2.24. The number of benzene rings is 1. The predicted molar refractivity (Wildman–Crippen MR) is 85.2 cm³/mol. The second kappa shape index (κ2) is 7.69. The Kier molecular flexibility index (Phi) is 6.57. The summed E-state index contributed by atoms with van der Waals surface area (Å²) in [4.78, 5) is 11.7. The Bertz CT molecular complexity index is 404. The molecule has 0 aliphatic heterocycles. The first-order valence-corrected chi connectivity index (χ1v) is 7.40. The van der Waals surface area contributed by atoms with Gasteiger partial charge in [-0.2, -0.15) is 0 Å². The Morgan fingerprint density at radius 2 is 2.00 bits per heavy atom. The number of nitrogens with two attached hydrogens (primary N) is 1. The van der Waals surface area contributed by atoms with Crippen LogP contribution >= 0.6 is 22.6 Å². The molecule has 1 amide bonds. The van der Waals surface area contributed by atoms with Crippen LogP contribution in [-0.4, -0.2) is 24.6 Å². The number of hydrogen-bond acceptors (Lipinski definition) is 3. The zero-order chi connectivity index (χ0) is 14.3. The van der Waals surface area contributed by atoms with Crippen LogP contribution in [0, 0.1) is 3.57 Å². The van der Waals surface area contributed by atoms with E-state index in [2.05, 4.69) is 27.9 Å². The second-order valence-corrected chi connectivity index (χ2v) is 6.29. The monoisotopic (exact) mass is 376 g/mol. The molecule has 0 heterocycles. The van der Waals surface area contributed by atoms with Crippen molar-refractivity contribution in [2.75, 3.05) is 13.2 Å². The molecule has 106 valence electrons. The van der Waals surface area contributed by atoms with Crippen LogP contribution in [0.1, 0.15) is 26.7 Å². The smallest absolute Gasteiger partial charge is 0.220 e. The van der Waals surface area contributed by atoms with E-state index in [1.807, 2.05) is 38.1 Å². The van der Waals surface area contributed by atoms with Gasteiger partial charge >= 0.3 is 0 Å². The van der Waals surface area contributed by atoms with Gasteiger partial charge in [-0.3, -0.25) is 4.79 Å². The molecule has 0 unspecified atom stereocenters. The minimum absolute atomic E-state index is 0.0154. The van der Waals surface area contributed by atoms with Crippen LogP contribution in [0.15, 0.2) is 24.3 Å². The number of nitrogens with one attached hydrogen (secondary N) is 1. The van der Waals surface area contributed by atoms with Crippen molar-refractivity contribution in [1.29, 1.82) is 0 Å². The molecule has 3 N–H and O–H groups in total. The van der Waals surface area contributed by atoms with E-state index in [1.54, 1.807) is 0 Å². The fourth-order valence-corrected chi connectivity index (χ4v) is 1.80. The molecule has 19 heavy (non-hydrogen) atoms. The van der Waals surface area contributed by atoms with Crippen molar-refractivity contribution in [1.82, 2.24) is 5.32 Å². The molecule has 1 aromatic carbocycles. The third-order valence-corrected chi connectivity index (χ3v) is 3.34. The Labute approximate surface area is 128 Å². The van der Waals surface area contributed by atoms with Gasteiger partial charge in [0.05, 0.1) is 6.61 Å². The second-order valence-electron chi connectivity index (χ2n) is 5.04. The molecule has 0 saturated carbocycles. The van der Waals surface area contributed by atoms with Gasteiger partial charge in [0, 0.05) is 22.1 Å². The average molecular weight is 376 g/mol. The minimum Gasteiger partial charge on any atom is -0.494 e. The summed E-state index contributed by atoms with van der Waals surface area (Å²) in [6.07, 6.45) is 1.15. The normalized spacial score (nSPS) is 11.2. The van der Waals surface area contributed by atoms with Crippen molar-refractivity contribution in [2.24, 2.45) is 5.73 Å². The highest BCUT2D eigenvalue weighted by Gasteiger charge is 2.17. The van der Waals surface area contributed by atoms with E-state index in [1.165, 1.54) is 3.57 Å². The zero-order valence-corrected chi connectivity index (χ0v) is 13.6. The van der Waals surface area contributed by atoms with Crippen LogP contribution in [0.4, 0.5) is 0 Å². The van der Waals surface area contributed by atoms with Crippen molar-refractivity contribution in [3.63, 3.8) is 0 Å². The highest BCUT2D eigenvalue weighted by Crippen LogP contribution is 2.13. The van der Waals surface area contributed by atoms with E-state index >= 15 is 0 Å². The molecule has 5 heteroatoms. The van der Waals surface area contributed by atoms with Crippen molar-refractivity contribution >= 4 is 28.5 Å². The molecule has 1 rings (SSSR count). The number of hydrogen-bond donors (Lipinski definition) is 2. The van der Waals surface area contributed by atoms with Gasteiger partial charge in [0.15, 0.2) is 0 Å². The van der Waals surface area contributed by atoms with Crippen molar-refractivity contribution in [3.05, 3.63) is 27.8 Å². The number of ether oxygens (including phenoxy) is 1. The lowest BCUT2D eigenvalue weighted by Crippen LogP contribution is -2.48. The number of halogens is 1. The summed E-state index contributed by atoms with van der Waals surface area (Å²) in [6, 6.07) is 7.84. The number of amides is 1. The molecular weight excluding hydrogens is 355 g/mol. The van der Waals surface area contributed by atoms with Gasteiger partial charge in [0.25, 0.3) is 0 Å². The van der Waals surface area contributed by atoms with Crippen LogP contribution in [0.3, 0.4) is 0 Å². The lowest BCUT2D eigenvalue weighted by molar-refractivity contribution is -0.122. The molecule has 0 bridgehead atoms. The van der Waals surface area contributed by atoms with Crippen molar-refractivity contribution in [3.8, 4) is 5.75 Å². The van der Waals surface area contributed by atoms with E-state index in [0.29, 0.717) is 26.0 Å². The molecule has 0 fully saturated rings. The van der Waals surface area contributed by atoms with E-state index < -0.39 is 0 Å². The molecule has 0 saturated heterocycles. The van der Waals surface area contributed by atoms with Gasteiger partial charge in [0.1, 0.15) is 5.75 Å². The summed E-state index contributed by atoms with van der Waals surface area (Å²) < 4.78 is 6.73. The molecular formula is C14H21IN2O2. The van der Waals surface area contributed by atoms with E-state index in [9.17, 15) is 4.79 Å². The van der Waals surface area contributed by atoms with Crippen LogP contribution in [0.2, 0.25) is 0 Å². The highest BCUT2D eigenvalue weighted by molar-refractivity contribution is 14.1.